The molecule has 0 aliphatic rings. The summed E-state index contributed by atoms with van der Waals surface area (Å²) in [6.07, 6.45) is 1.50. The van der Waals surface area contributed by atoms with Crippen LogP contribution in [0, 0.1) is 6.92 Å². The second-order valence-corrected chi connectivity index (χ2v) is 8.87. The standard InChI is InChI=1S/C20H21ClN4O4S/c1-14-4-2-7-17-19(14)23-13-25(20(17)27)11-8-18(26)22-9-10-24-30(28,29)16-6-3-5-15(21)12-16/h2-7,12-13,24H,8-11H2,1H3,(H,22,26). The highest BCUT2D eigenvalue weighted by Crippen LogP contribution is 2.15. The van der Waals surface area contributed by atoms with Crippen molar-refractivity contribution in [2.45, 2.75) is 24.8 Å². The third kappa shape index (κ3) is 5.24. The van der Waals surface area contributed by atoms with Crippen LogP contribution in [0.5, 0.6) is 0 Å². The van der Waals surface area contributed by atoms with E-state index in [0.29, 0.717) is 15.9 Å². The minimum absolute atomic E-state index is 0.0251. The minimum Gasteiger partial charge on any atom is -0.355 e. The van der Waals surface area contributed by atoms with Crippen molar-refractivity contribution >= 4 is 38.4 Å². The van der Waals surface area contributed by atoms with Gasteiger partial charge in [0.15, 0.2) is 0 Å². The molecule has 0 aliphatic carbocycles. The van der Waals surface area contributed by atoms with E-state index in [-0.39, 0.29) is 42.4 Å². The Hall–Kier alpha value is -2.75. The minimum atomic E-state index is -3.71. The molecule has 1 aromatic heterocycles. The molecule has 1 heterocycles. The van der Waals surface area contributed by atoms with Crippen LogP contribution in [0.25, 0.3) is 10.9 Å². The number of fused-ring (bicyclic) bond motifs is 1. The number of aromatic nitrogens is 2. The summed E-state index contributed by atoms with van der Waals surface area (Å²) in [7, 11) is -3.71. The first-order chi connectivity index (χ1) is 14.3. The fourth-order valence-corrected chi connectivity index (χ4v) is 4.24. The number of nitrogens with one attached hydrogen (secondary N) is 2. The van der Waals surface area contributed by atoms with E-state index in [4.69, 9.17) is 11.6 Å². The molecular formula is C20H21ClN4O4S. The largest absolute Gasteiger partial charge is 0.355 e. The Labute approximate surface area is 178 Å². The van der Waals surface area contributed by atoms with Crippen LogP contribution in [0.15, 0.2) is 58.5 Å². The average Bonchev–Trinajstić information content (AvgIpc) is 2.71. The number of benzene rings is 2. The van der Waals surface area contributed by atoms with Gasteiger partial charge >= 0.3 is 0 Å². The number of nitrogens with zero attached hydrogens (tertiary/aromatic N) is 2. The van der Waals surface area contributed by atoms with Gasteiger partial charge in [-0.2, -0.15) is 0 Å². The number of para-hydroxylation sites is 1. The molecule has 0 unspecified atom stereocenters. The summed E-state index contributed by atoms with van der Waals surface area (Å²) in [5, 5.41) is 3.45. The number of sulfonamides is 1. The molecule has 30 heavy (non-hydrogen) atoms. The van der Waals surface area contributed by atoms with Crippen LogP contribution in [-0.2, 0) is 21.4 Å². The molecule has 3 rings (SSSR count). The molecule has 0 spiro atoms. The molecule has 0 aliphatic heterocycles. The highest BCUT2D eigenvalue weighted by atomic mass is 35.5. The third-order valence-electron chi connectivity index (χ3n) is 4.48. The van der Waals surface area contributed by atoms with E-state index < -0.39 is 10.0 Å². The van der Waals surface area contributed by atoms with Gasteiger partial charge in [0.25, 0.3) is 5.56 Å². The van der Waals surface area contributed by atoms with E-state index in [9.17, 15) is 18.0 Å². The summed E-state index contributed by atoms with van der Waals surface area (Å²) < 4.78 is 28.2. The van der Waals surface area contributed by atoms with Gasteiger partial charge < -0.3 is 5.32 Å². The zero-order valence-electron chi connectivity index (χ0n) is 16.3. The Balaban J connectivity index is 1.49. The SMILES string of the molecule is Cc1cccc2c(=O)n(CCC(=O)NCCNS(=O)(=O)c3cccc(Cl)c3)cnc12. The summed E-state index contributed by atoms with van der Waals surface area (Å²) in [6, 6.07) is 11.3. The van der Waals surface area contributed by atoms with Gasteiger partial charge in [0.2, 0.25) is 15.9 Å². The van der Waals surface area contributed by atoms with Gasteiger partial charge in [0.1, 0.15) is 0 Å². The van der Waals surface area contributed by atoms with Crippen molar-refractivity contribution in [2.24, 2.45) is 0 Å². The van der Waals surface area contributed by atoms with Crippen molar-refractivity contribution in [3.63, 3.8) is 0 Å². The fraction of sp³-hybridized carbons (Fsp3) is 0.250. The van der Waals surface area contributed by atoms with Gasteiger partial charge in [-0.3, -0.25) is 14.2 Å². The van der Waals surface area contributed by atoms with E-state index >= 15 is 0 Å². The van der Waals surface area contributed by atoms with E-state index in [1.807, 2.05) is 13.0 Å². The number of amides is 1. The Kier molecular flexibility index (Phi) is 6.86. The summed E-state index contributed by atoms with van der Waals surface area (Å²) >= 11 is 5.81. The number of halogens is 1. The van der Waals surface area contributed by atoms with E-state index in [1.54, 1.807) is 24.3 Å². The van der Waals surface area contributed by atoms with Gasteiger partial charge in [0.05, 0.1) is 22.1 Å². The van der Waals surface area contributed by atoms with Gasteiger partial charge in [-0.05, 0) is 36.8 Å². The second-order valence-electron chi connectivity index (χ2n) is 6.67. The summed E-state index contributed by atoms with van der Waals surface area (Å²) in [5.74, 6) is -0.298. The smallest absolute Gasteiger partial charge is 0.261 e. The van der Waals surface area contributed by atoms with Crippen molar-refractivity contribution in [1.82, 2.24) is 19.6 Å². The van der Waals surface area contributed by atoms with Gasteiger partial charge in [-0.15, -0.1) is 0 Å². The Morgan fingerprint density at radius 3 is 2.70 bits per heavy atom. The molecule has 0 radical (unpaired) electrons. The Bertz CT molecular complexity index is 1240. The van der Waals surface area contributed by atoms with Crippen molar-refractivity contribution in [3.05, 3.63) is 69.7 Å². The first-order valence-corrected chi connectivity index (χ1v) is 11.1. The van der Waals surface area contributed by atoms with Crippen LogP contribution < -0.4 is 15.6 Å². The molecular weight excluding hydrogens is 428 g/mol. The molecule has 8 nitrogen and oxygen atoms in total. The maximum absolute atomic E-state index is 12.5. The first kappa shape index (κ1) is 21.9. The van der Waals surface area contributed by atoms with Gasteiger partial charge in [0, 0.05) is 31.1 Å². The normalized spacial score (nSPS) is 11.5. The van der Waals surface area contributed by atoms with E-state index in [1.165, 1.54) is 23.0 Å². The van der Waals surface area contributed by atoms with Crippen molar-refractivity contribution in [3.8, 4) is 0 Å². The van der Waals surface area contributed by atoms with Crippen LogP contribution in [0.3, 0.4) is 0 Å². The predicted octanol–water partition coefficient (Wildman–Crippen LogP) is 1.84. The van der Waals surface area contributed by atoms with Crippen molar-refractivity contribution < 1.29 is 13.2 Å². The number of hydrogen-bond acceptors (Lipinski definition) is 5. The van der Waals surface area contributed by atoms with Crippen molar-refractivity contribution in [2.75, 3.05) is 13.1 Å². The molecule has 1 amide bonds. The molecule has 0 saturated carbocycles. The summed E-state index contributed by atoms with van der Waals surface area (Å²) in [6.45, 7) is 2.20. The number of carbonyl (C=O) groups excluding carboxylic acids is 1. The number of rotatable bonds is 8. The van der Waals surface area contributed by atoms with Gasteiger partial charge in [-0.1, -0.05) is 29.8 Å². The van der Waals surface area contributed by atoms with Crippen LogP contribution in [0.1, 0.15) is 12.0 Å². The molecule has 3 aromatic rings. The zero-order chi connectivity index (χ0) is 21.7. The van der Waals surface area contributed by atoms with Gasteiger partial charge in [-0.25, -0.2) is 18.1 Å². The summed E-state index contributed by atoms with van der Waals surface area (Å²) in [5.41, 5.74) is 1.36. The van der Waals surface area contributed by atoms with Crippen molar-refractivity contribution in [1.29, 1.82) is 0 Å². The molecule has 2 N–H and O–H groups in total. The maximum atomic E-state index is 12.5. The lowest BCUT2D eigenvalue weighted by molar-refractivity contribution is -0.121. The molecule has 2 aromatic carbocycles. The van der Waals surface area contributed by atoms with Crippen LogP contribution >= 0.6 is 11.6 Å². The Morgan fingerprint density at radius 2 is 1.93 bits per heavy atom. The lowest BCUT2D eigenvalue weighted by Crippen LogP contribution is -2.35. The zero-order valence-corrected chi connectivity index (χ0v) is 17.8. The Morgan fingerprint density at radius 1 is 1.17 bits per heavy atom. The topological polar surface area (TPSA) is 110 Å². The number of aryl methyl sites for hydroxylation is 2. The summed E-state index contributed by atoms with van der Waals surface area (Å²) in [4.78, 5) is 28.9. The highest BCUT2D eigenvalue weighted by Gasteiger charge is 2.14. The maximum Gasteiger partial charge on any atom is 0.261 e. The molecule has 158 valence electrons. The van der Waals surface area contributed by atoms with Crippen LogP contribution in [0.4, 0.5) is 0 Å². The quantitative estimate of drug-likeness (QED) is 0.511. The lowest BCUT2D eigenvalue weighted by Gasteiger charge is -2.10. The molecule has 0 saturated heterocycles. The first-order valence-electron chi connectivity index (χ1n) is 9.24. The number of carbonyl (C=O) groups is 1. The molecule has 0 atom stereocenters. The molecule has 10 heteroatoms. The van der Waals surface area contributed by atoms with E-state index in [2.05, 4.69) is 15.0 Å². The second kappa shape index (κ2) is 9.38. The lowest BCUT2D eigenvalue weighted by atomic mass is 10.1. The monoisotopic (exact) mass is 448 g/mol. The average molecular weight is 449 g/mol. The fourth-order valence-electron chi connectivity index (χ4n) is 2.91. The van der Waals surface area contributed by atoms with E-state index in [0.717, 1.165) is 5.56 Å². The van der Waals surface area contributed by atoms with Crippen LogP contribution in [-0.4, -0.2) is 37.0 Å². The highest BCUT2D eigenvalue weighted by molar-refractivity contribution is 7.89. The third-order valence-corrected chi connectivity index (χ3v) is 6.17. The van der Waals surface area contributed by atoms with Crippen LogP contribution in [0.2, 0.25) is 5.02 Å². The molecule has 0 bridgehead atoms. The number of hydrogen-bond donors (Lipinski definition) is 2. The predicted molar refractivity (Wildman–Crippen MR) is 115 cm³/mol. The molecule has 0 fully saturated rings.